The molecule has 0 amide bonds. The van der Waals surface area contributed by atoms with E-state index in [0.717, 1.165) is 5.39 Å². The van der Waals surface area contributed by atoms with Gasteiger partial charge in [-0.3, -0.25) is 9.11 Å². The van der Waals surface area contributed by atoms with E-state index in [2.05, 4.69) is 10.2 Å². The van der Waals surface area contributed by atoms with Gasteiger partial charge in [0, 0.05) is 5.39 Å². The van der Waals surface area contributed by atoms with E-state index in [1.54, 1.807) is 18.2 Å². The second-order valence-electron chi connectivity index (χ2n) is 5.10. The first-order chi connectivity index (χ1) is 12.3. The zero-order chi connectivity index (χ0) is 18.7. The van der Waals surface area contributed by atoms with Crippen LogP contribution in [0.1, 0.15) is 0 Å². The Hall–Kier alpha value is -2.66. The van der Waals surface area contributed by atoms with Crippen molar-refractivity contribution in [1.82, 2.24) is 0 Å². The molecule has 0 saturated carbocycles. The summed E-state index contributed by atoms with van der Waals surface area (Å²) in [5.74, 6) is 0.0721. The Morgan fingerprint density at radius 1 is 0.923 bits per heavy atom. The molecule has 10 heteroatoms. The van der Waals surface area contributed by atoms with E-state index in [1.807, 2.05) is 12.1 Å². The van der Waals surface area contributed by atoms with Crippen LogP contribution in [0.5, 0.6) is 5.75 Å². The first-order valence-electron chi connectivity index (χ1n) is 7.15. The van der Waals surface area contributed by atoms with Crippen LogP contribution in [0.3, 0.4) is 0 Å². The molecule has 0 aliphatic heterocycles. The summed E-state index contributed by atoms with van der Waals surface area (Å²) in [4.78, 5) is -0.263. The minimum absolute atomic E-state index is 0.0721. The molecule has 8 nitrogen and oxygen atoms in total. The molecule has 134 valence electrons. The largest absolute Gasteiger partial charge is 0.378 e. The first-order valence-corrected chi connectivity index (χ1v) is 9.62. The summed E-state index contributed by atoms with van der Waals surface area (Å²) in [5.41, 5.74) is 0.575. The summed E-state index contributed by atoms with van der Waals surface area (Å²) in [6, 6.07) is 15.5. The van der Waals surface area contributed by atoms with Crippen molar-refractivity contribution in [2.45, 2.75) is 4.90 Å². The van der Waals surface area contributed by atoms with Crippen LogP contribution >= 0.6 is 0 Å². The normalized spacial score (nSPS) is 13.2. The molecule has 3 aromatic carbocycles. The SMILES string of the molecule is O=S(O)Oc1ccc2ccccc2c1N=Nc1ccc(S(=O)(=O)O)cc1. The van der Waals surface area contributed by atoms with Crippen LogP contribution in [0.25, 0.3) is 10.8 Å². The molecule has 0 aromatic heterocycles. The van der Waals surface area contributed by atoms with E-state index >= 15 is 0 Å². The Morgan fingerprint density at radius 2 is 1.62 bits per heavy atom. The van der Waals surface area contributed by atoms with E-state index in [4.69, 9.17) is 13.3 Å². The van der Waals surface area contributed by atoms with E-state index in [9.17, 15) is 12.6 Å². The minimum Gasteiger partial charge on any atom is -0.378 e. The van der Waals surface area contributed by atoms with Crippen LogP contribution in [-0.4, -0.2) is 21.7 Å². The van der Waals surface area contributed by atoms with Gasteiger partial charge in [0.15, 0.2) is 5.75 Å². The lowest BCUT2D eigenvalue weighted by Crippen LogP contribution is -1.97. The molecule has 0 spiro atoms. The maximum Gasteiger partial charge on any atom is 0.357 e. The molecule has 0 heterocycles. The van der Waals surface area contributed by atoms with Crippen LogP contribution < -0.4 is 4.18 Å². The van der Waals surface area contributed by atoms with Gasteiger partial charge in [0.05, 0.1) is 10.6 Å². The highest BCUT2D eigenvalue weighted by atomic mass is 32.2. The molecule has 0 saturated heterocycles. The van der Waals surface area contributed by atoms with Gasteiger partial charge in [-0.05, 0) is 35.7 Å². The number of benzene rings is 3. The van der Waals surface area contributed by atoms with Crippen molar-refractivity contribution in [3.63, 3.8) is 0 Å². The molecule has 3 rings (SSSR count). The Bertz CT molecular complexity index is 1110. The number of hydrogen-bond acceptors (Lipinski definition) is 6. The van der Waals surface area contributed by atoms with E-state index in [-0.39, 0.29) is 16.3 Å². The van der Waals surface area contributed by atoms with Crippen LogP contribution in [0.4, 0.5) is 11.4 Å². The van der Waals surface area contributed by atoms with E-state index < -0.39 is 21.5 Å². The standard InChI is InChI=1S/C16H12N2O6S2/c19-25(20)24-15-10-5-11-3-1-2-4-14(11)16(15)18-17-12-6-8-13(9-7-12)26(21,22)23/h1-10H,(H,19,20)(H,21,22,23). The summed E-state index contributed by atoms with van der Waals surface area (Å²) in [5, 5.41) is 9.59. The molecule has 1 unspecified atom stereocenters. The molecule has 1 atom stereocenters. The van der Waals surface area contributed by atoms with Crippen molar-refractivity contribution < 1.29 is 25.9 Å². The lowest BCUT2D eigenvalue weighted by molar-refractivity contribution is 0.458. The van der Waals surface area contributed by atoms with Crippen molar-refractivity contribution in [2.75, 3.05) is 0 Å². The molecule has 0 aliphatic rings. The zero-order valence-corrected chi connectivity index (χ0v) is 14.6. The monoisotopic (exact) mass is 392 g/mol. The van der Waals surface area contributed by atoms with Crippen LogP contribution in [0.15, 0.2) is 75.8 Å². The van der Waals surface area contributed by atoms with E-state index in [1.165, 1.54) is 30.3 Å². The second-order valence-corrected chi connectivity index (χ2v) is 7.13. The zero-order valence-electron chi connectivity index (χ0n) is 13.0. The number of azo groups is 1. The second kappa shape index (κ2) is 7.30. The summed E-state index contributed by atoms with van der Waals surface area (Å²) in [6.07, 6.45) is 0. The van der Waals surface area contributed by atoms with Gasteiger partial charge in [-0.15, -0.1) is 5.11 Å². The number of nitrogens with zero attached hydrogens (tertiary/aromatic N) is 2. The highest BCUT2D eigenvalue weighted by Crippen LogP contribution is 2.37. The van der Waals surface area contributed by atoms with Crippen LogP contribution in [0.2, 0.25) is 0 Å². The average Bonchev–Trinajstić information content (AvgIpc) is 2.60. The van der Waals surface area contributed by atoms with Crippen molar-refractivity contribution in [3.8, 4) is 5.75 Å². The smallest absolute Gasteiger partial charge is 0.357 e. The molecular weight excluding hydrogens is 380 g/mol. The highest BCUT2D eigenvalue weighted by molar-refractivity contribution is 7.85. The van der Waals surface area contributed by atoms with Crippen molar-refractivity contribution in [1.29, 1.82) is 0 Å². The topological polar surface area (TPSA) is 126 Å². The third kappa shape index (κ3) is 4.11. The van der Waals surface area contributed by atoms with Gasteiger partial charge in [0.2, 0.25) is 0 Å². The summed E-state index contributed by atoms with van der Waals surface area (Å²) >= 11 is -2.53. The fourth-order valence-corrected chi connectivity index (χ4v) is 3.04. The van der Waals surface area contributed by atoms with Gasteiger partial charge in [0.25, 0.3) is 10.1 Å². The van der Waals surface area contributed by atoms with Crippen LogP contribution in [0, 0.1) is 0 Å². The fraction of sp³-hybridized carbons (Fsp3) is 0. The van der Waals surface area contributed by atoms with Crippen molar-refractivity contribution in [3.05, 3.63) is 60.7 Å². The number of hydrogen-bond donors (Lipinski definition) is 2. The van der Waals surface area contributed by atoms with Gasteiger partial charge in [0.1, 0.15) is 5.69 Å². The van der Waals surface area contributed by atoms with Gasteiger partial charge >= 0.3 is 11.4 Å². The average molecular weight is 392 g/mol. The van der Waals surface area contributed by atoms with Gasteiger partial charge < -0.3 is 4.18 Å². The Morgan fingerprint density at radius 3 is 2.27 bits per heavy atom. The number of rotatable bonds is 5. The van der Waals surface area contributed by atoms with Gasteiger partial charge in [-0.25, -0.2) is 0 Å². The third-order valence-electron chi connectivity index (χ3n) is 3.42. The lowest BCUT2D eigenvalue weighted by atomic mass is 10.1. The van der Waals surface area contributed by atoms with Gasteiger partial charge in [-0.1, -0.05) is 30.3 Å². The minimum atomic E-state index is -4.29. The predicted molar refractivity (Wildman–Crippen MR) is 95.8 cm³/mol. The number of fused-ring (bicyclic) bond motifs is 1. The third-order valence-corrected chi connectivity index (χ3v) is 4.61. The lowest BCUT2D eigenvalue weighted by Gasteiger charge is -2.07. The Balaban J connectivity index is 2.03. The molecule has 2 N–H and O–H groups in total. The molecule has 0 bridgehead atoms. The first kappa shape index (κ1) is 18.1. The quantitative estimate of drug-likeness (QED) is 0.384. The molecule has 0 radical (unpaired) electrons. The summed E-state index contributed by atoms with van der Waals surface area (Å²) in [6.45, 7) is 0. The predicted octanol–water partition coefficient (Wildman–Crippen LogP) is 4.02. The maximum atomic E-state index is 11.0. The van der Waals surface area contributed by atoms with E-state index in [0.29, 0.717) is 11.1 Å². The van der Waals surface area contributed by atoms with Crippen molar-refractivity contribution >= 4 is 43.6 Å². The molecule has 26 heavy (non-hydrogen) atoms. The maximum absolute atomic E-state index is 11.0. The highest BCUT2D eigenvalue weighted by Gasteiger charge is 2.12. The van der Waals surface area contributed by atoms with Crippen LogP contribution in [-0.2, 0) is 21.5 Å². The Kier molecular flexibility index (Phi) is 5.09. The fourth-order valence-electron chi connectivity index (χ4n) is 2.27. The Labute approximate surface area is 151 Å². The summed E-state index contributed by atoms with van der Waals surface area (Å²) in [7, 11) is -4.29. The molecule has 0 fully saturated rings. The summed E-state index contributed by atoms with van der Waals surface area (Å²) < 4.78 is 55.9. The van der Waals surface area contributed by atoms with Crippen molar-refractivity contribution in [2.24, 2.45) is 10.2 Å². The molecule has 3 aromatic rings. The molecule has 0 aliphatic carbocycles. The van der Waals surface area contributed by atoms with Gasteiger partial charge in [-0.2, -0.15) is 17.7 Å². The molecular formula is C16H12N2O6S2.